The molecule has 4 aliphatic rings. The zero-order valence-corrected chi connectivity index (χ0v) is 18.8. The molecule has 3 saturated carbocycles. The summed E-state index contributed by atoms with van der Waals surface area (Å²) in [7, 11) is 0. The van der Waals surface area contributed by atoms with Crippen molar-refractivity contribution in [2.24, 2.45) is 28.6 Å². The van der Waals surface area contributed by atoms with Crippen LogP contribution >= 0.6 is 0 Å². The van der Waals surface area contributed by atoms with Gasteiger partial charge in [0.05, 0.1) is 17.8 Å². The maximum absolute atomic E-state index is 12.9. The molecule has 0 amide bonds. The van der Waals surface area contributed by atoms with Crippen LogP contribution in [0.2, 0.25) is 0 Å². The Bertz CT molecular complexity index is 947. The zero-order valence-electron chi connectivity index (χ0n) is 18.8. The van der Waals surface area contributed by atoms with Crippen LogP contribution in [-0.4, -0.2) is 22.4 Å². The van der Waals surface area contributed by atoms with Gasteiger partial charge in [0, 0.05) is 5.41 Å². The second-order valence-electron chi connectivity index (χ2n) is 11.1. The van der Waals surface area contributed by atoms with Crippen LogP contribution in [0.25, 0.3) is 6.08 Å². The van der Waals surface area contributed by atoms with Crippen molar-refractivity contribution in [2.45, 2.75) is 77.2 Å². The molecule has 0 heterocycles. The van der Waals surface area contributed by atoms with Crippen LogP contribution < -0.4 is 0 Å². The normalized spacial score (nSPS) is 42.8. The lowest BCUT2D eigenvalue weighted by Gasteiger charge is -2.57. The molecule has 0 saturated heterocycles. The number of halogens is 3. The number of rotatable bonds is 1. The van der Waals surface area contributed by atoms with Gasteiger partial charge < -0.3 is 10.2 Å². The maximum atomic E-state index is 12.9. The summed E-state index contributed by atoms with van der Waals surface area (Å²) in [5.74, 6) is 1.45. The van der Waals surface area contributed by atoms with Crippen molar-refractivity contribution in [1.29, 1.82) is 0 Å². The van der Waals surface area contributed by atoms with Crippen LogP contribution in [0.15, 0.2) is 41.5 Å². The lowest BCUT2D eigenvalue weighted by atomic mass is 9.48. The van der Waals surface area contributed by atoms with Crippen molar-refractivity contribution in [1.82, 2.24) is 0 Å². The van der Waals surface area contributed by atoms with Gasteiger partial charge in [-0.3, -0.25) is 0 Å². The minimum absolute atomic E-state index is 0.147. The third-order valence-corrected chi connectivity index (χ3v) is 9.54. The topological polar surface area (TPSA) is 40.5 Å². The Morgan fingerprint density at radius 3 is 2.38 bits per heavy atom. The summed E-state index contributed by atoms with van der Waals surface area (Å²) < 4.78 is 38.7. The first-order valence-corrected chi connectivity index (χ1v) is 12.0. The molecule has 0 spiro atoms. The first-order chi connectivity index (χ1) is 15.0. The predicted molar refractivity (Wildman–Crippen MR) is 119 cm³/mol. The monoisotopic (exact) mass is 446 g/mol. The number of fused-ring (bicyclic) bond motifs is 5. The van der Waals surface area contributed by atoms with Gasteiger partial charge in [-0.25, -0.2) is 0 Å². The van der Waals surface area contributed by atoms with E-state index in [0.29, 0.717) is 23.3 Å². The van der Waals surface area contributed by atoms with Gasteiger partial charge in [0.15, 0.2) is 0 Å². The van der Waals surface area contributed by atoms with Gasteiger partial charge in [-0.05, 0) is 91.4 Å². The van der Waals surface area contributed by atoms with Crippen molar-refractivity contribution < 1.29 is 23.4 Å². The molecule has 0 bridgehead atoms. The van der Waals surface area contributed by atoms with E-state index in [1.807, 2.05) is 6.08 Å². The van der Waals surface area contributed by atoms with Gasteiger partial charge in [-0.15, -0.1) is 0 Å². The lowest BCUT2D eigenvalue weighted by molar-refractivity contribution is -0.137. The molecule has 5 rings (SSSR count). The van der Waals surface area contributed by atoms with E-state index in [1.54, 1.807) is 0 Å². The number of hydrogen-bond acceptors (Lipinski definition) is 2. The first kappa shape index (κ1) is 22.2. The van der Waals surface area contributed by atoms with E-state index in [9.17, 15) is 23.4 Å². The summed E-state index contributed by atoms with van der Waals surface area (Å²) in [5, 5.41) is 21.5. The van der Waals surface area contributed by atoms with E-state index < -0.39 is 17.8 Å². The number of alkyl halides is 3. The van der Waals surface area contributed by atoms with E-state index in [4.69, 9.17) is 0 Å². The molecule has 32 heavy (non-hydrogen) atoms. The fraction of sp³-hybridized carbons (Fsp3) is 0.630. The van der Waals surface area contributed by atoms with Crippen LogP contribution in [0.1, 0.15) is 69.9 Å². The average Bonchev–Trinajstić information content (AvgIpc) is 2.99. The summed E-state index contributed by atoms with van der Waals surface area (Å²) in [6, 6.07) is 5.23. The van der Waals surface area contributed by atoms with E-state index in [0.717, 1.165) is 62.7 Å². The van der Waals surface area contributed by atoms with Crippen LogP contribution in [0.5, 0.6) is 0 Å². The van der Waals surface area contributed by atoms with Crippen LogP contribution in [-0.2, 0) is 6.18 Å². The van der Waals surface area contributed by atoms with E-state index in [2.05, 4.69) is 19.9 Å². The molecular formula is C27H33F3O2. The van der Waals surface area contributed by atoms with E-state index in [-0.39, 0.29) is 16.9 Å². The standard InChI is InChI=1S/C27H33F3O2/c1-25-11-9-20(31)15-19(25)7-8-21-22(25)10-12-26(2)23(21)14-17(24(26)32)13-16-3-5-18(6-4-16)27(28,29)30/h3-7,13,20-24,31-32H,8-12,14-15H2,1-2H3/b17-13-/t20-,21-,22+,23+,24-,25-,26-/m0/s1. The molecular weight excluding hydrogens is 413 g/mol. The summed E-state index contributed by atoms with van der Waals surface area (Å²) >= 11 is 0. The Hall–Kier alpha value is -1.59. The maximum Gasteiger partial charge on any atom is 0.416 e. The van der Waals surface area contributed by atoms with Gasteiger partial charge in [0.1, 0.15) is 0 Å². The Labute approximate surface area is 188 Å². The Kier molecular flexibility index (Phi) is 5.18. The molecule has 3 fully saturated rings. The van der Waals surface area contributed by atoms with Crippen molar-refractivity contribution in [3.63, 3.8) is 0 Å². The smallest absolute Gasteiger partial charge is 0.393 e. The minimum Gasteiger partial charge on any atom is -0.393 e. The summed E-state index contributed by atoms with van der Waals surface area (Å²) in [4.78, 5) is 0. The number of hydrogen-bond donors (Lipinski definition) is 2. The molecule has 174 valence electrons. The number of allylic oxidation sites excluding steroid dienone is 1. The quantitative estimate of drug-likeness (QED) is 0.491. The molecule has 5 heteroatoms. The van der Waals surface area contributed by atoms with Crippen LogP contribution in [0, 0.1) is 28.6 Å². The number of aliphatic hydroxyl groups is 2. The second kappa shape index (κ2) is 7.46. The summed E-state index contributed by atoms with van der Waals surface area (Å²) in [5.41, 5.74) is 2.41. The van der Waals surface area contributed by atoms with Crippen molar-refractivity contribution in [3.8, 4) is 0 Å². The number of benzene rings is 1. The fourth-order valence-corrected chi connectivity index (χ4v) is 7.62. The van der Waals surface area contributed by atoms with Crippen molar-refractivity contribution in [2.75, 3.05) is 0 Å². The van der Waals surface area contributed by atoms with Gasteiger partial charge >= 0.3 is 6.18 Å². The lowest BCUT2D eigenvalue weighted by Crippen LogP contribution is -2.51. The summed E-state index contributed by atoms with van der Waals surface area (Å²) in [6.07, 6.45) is 5.73. The van der Waals surface area contributed by atoms with Gasteiger partial charge in [0.25, 0.3) is 0 Å². The summed E-state index contributed by atoms with van der Waals surface area (Å²) in [6.45, 7) is 4.59. The van der Waals surface area contributed by atoms with Crippen LogP contribution in [0.3, 0.4) is 0 Å². The van der Waals surface area contributed by atoms with Gasteiger partial charge in [-0.2, -0.15) is 13.2 Å². The largest absolute Gasteiger partial charge is 0.416 e. The van der Waals surface area contributed by atoms with Gasteiger partial charge in [0.2, 0.25) is 0 Å². The highest BCUT2D eigenvalue weighted by Crippen LogP contribution is 2.65. The zero-order chi connectivity index (χ0) is 22.9. The molecule has 0 unspecified atom stereocenters. The molecule has 7 atom stereocenters. The third kappa shape index (κ3) is 3.38. The third-order valence-electron chi connectivity index (χ3n) is 9.54. The van der Waals surface area contributed by atoms with Crippen molar-refractivity contribution in [3.05, 3.63) is 52.6 Å². The molecule has 0 aliphatic heterocycles. The Balaban J connectivity index is 1.42. The molecule has 0 radical (unpaired) electrons. The minimum atomic E-state index is -4.34. The van der Waals surface area contributed by atoms with E-state index in [1.165, 1.54) is 17.7 Å². The first-order valence-electron chi connectivity index (χ1n) is 12.0. The van der Waals surface area contributed by atoms with Gasteiger partial charge in [-0.1, -0.05) is 43.7 Å². The van der Waals surface area contributed by atoms with Crippen LogP contribution in [0.4, 0.5) is 13.2 Å². The fourth-order valence-electron chi connectivity index (χ4n) is 7.62. The molecule has 2 N–H and O–H groups in total. The molecule has 0 aromatic heterocycles. The Morgan fingerprint density at radius 1 is 0.969 bits per heavy atom. The SMILES string of the molecule is C[C@]12CC[C@@H]3[C@H](CC=C4C[C@@H](O)CC[C@@]43C)[C@H]1C/C(=C/c1ccc(C(F)(F)F)cc1)[C@@H]2O. The predicted octanol–water partition coefficient (Wildman–Crippen LogP) is 6.38. The molecule has 2 nitrogen and oxygen atoms in total. The Morgan fingerprint density at radius 2 is 1.69 bits per heavy atom. The number of aliphatic hydroxyl groups excluding tert-OH is 2. The highest BCUT2D eigenvalue weighted by molar-refractivity contribution is 5.56. The average molecular weight is 447 g/mol. The highest BCUT2D eigenvalue weighted by atomic mass is 19.4. The second-order valence-corrected chi connectivity index (χ2v) is 11.1. The molecule has 1 aromatic rings. The molecule has 4 aliphatic carbocycles. The van der Waals surface area contributed by atoms with E-state index >= 15 is 0 Å². The van der Waals surface area contributed by atoms with Crippen molar-refractivity contribution >= 4 is 6.08 Å². The molecule has 1 aromatic carbocycles. The highest BCUT2D eigenvalue weighted by Gasteiger charge is 2.59.